The van der Waals surface area contributed by atoms with Crippen LogP contribution in [0.25, 0.3) is 0 Å². The second kappa shape index (κ2) is 15.3. The van der Waals surface area contributed by atoms with Crippen LogP contribution in [0, 0.1) is 16.0 Å². The van der Waals surface area contributed by atoms with Gasteiger partial charge in [0.2, 0.25) is 0 Å². The van der Waals surface area contributed by atoms with Gasteiger partial charge in [0.15, 0.2) is 0 Å². The molecule has 0 spiro atoms. The van der Waals surface area contributed by atoms with E-state index in [-0.39, 0.29) is 30.0 Å². The molecule has 0 radical (unpaired) electrons. The summed E-state index contributed by atoms with van der Waals surface area (Å²) in [6.45, 7) is 3.86. The van der Waals surface area contributed by atoms with Crippen molar-refractivity contribution >= 4 is 17.4 Å². The molecule has 0 amide bonds. The van der Waals surface area contributed by atoms with Gasteiger partial charge in [0.25, 0.3) is 5.69 Å². The van der Waals surface area contributed by atoms with E-state index in [0.717, 1.165) is 32.1 Å². The van der Waals surface area contributed by atoms with Gasteiger partial charge in [-0.3, -0.25) is 19.7 Å². The zero-order chi connectivity index (χ0) is 23.1. The Bertz CT molecular complexity index is 692. The largest absolute Gasteiger partial charge is 0.491 e. The van der Waals surface area contributed by atoms with Crippen molar-refractivity contribution in [3.63, 3.8) is 0 Å². The molecule has 174 valence electrons. The number of ketones is 1. The van der Waals surface area contributed by atoms with Crippen LogP contribution >= 0.6 is 0 Å². The molecule has 0 saturated heterocycles. The van der Waals surface area contributed by atoms with E-state index in [1.54, 1.807) is 19.9 Å². The number of ether oxygens (including phenoxy) is 2. The molecule has 2 unspecified atom stereocenters. The van der Waals surface area contributed by atoms with E-state index in [1.165, 1.54) is 18.2 Å². The van der Waals surface area contributed by atoms with Gasteiger partial charge in [-0.2, -0.15) is 0 Å². The van der Waals surface area contributed by atoms with Gasteiger partial charge in [0, 0.05) is 18.4 Å². The van der Waals surface area contributed by atoms with Crippen molar-refractivity contribution in [3.8, 4) is 5.75 Å². The predicted molar refractivity (Wildman–Crippen MR) is 117 cm³/mol. The number of carbonyl (C=O) groups excluding carboxylic acids is 2. The number of rotatable bonds is 17. The first-order valence-corrected chi connectivity index (χ1v) is 11.0. The minimum absolute atomic E-state index is 0.0186. The van der Waals surface area contributed by atoms with Crippen LogP contribution in [-0.4, -0.2) is 41.1 Å². The number of hydrogen-bond donors (Lipinski definition) is 1. The maximum atomic E-state index is 11.9. The van der Waals surface area contributed by atoms with Crippen molar-refractivity contribution in [1.29, 1.82) is 0 Å². The van der Waals surface area contributed by atoms with Gasteiger partial charge < -0.3 is 14.6 Å². The lowest BCUT2D eigenvalue weighted by Crippen LogP contribution is -2.18. The number of nitro groups is 1. The van der Waals surface area contributed by atoms with Crippen molar-refractivity contribution in [3.05, 3.63) is 34.4 Å². The van der Waals surface area contributed by atoms with Gasteiger partial charge in [-0.25, -0.2) is 0 Å². The minimum atomic E-state index is -0.699. The highest BCUT2D eigenvalue weighted by atomic mass is 16.6. The number of nitrogens with zero attached hydrogens (tertiary/aromatic N) is 1. The number of nitro benzene ring substituents is 1. The Morgan fingerprint density at radius 2 is 1.81 bits per heavy atom. The van der Waals surface area contributed by atoms with Gasteiger partial charge >= 0.3 is 5.97 Å². The lowest BCUT2D eigenvalue weighted by Gasteiger charge is -2.16. The number of aliphatic hydroxyl groups excluding tert-OH is 1. The fourth-order valence-electron chi connectivity index (χ4n) is 3.36. The Morgan fingerprint density at radius 3 is 2.48 bits per heavy atom. The van der Waals surface area contributed by atoms with Crippen LogP contribution in [-0.2, 0) is 14.3 Å². The van der Waals surface area contributed by atoms with E-state index >= 15 is 0 Å². The summed E-state index contributed by atoms with van der Waals surface area (Å²) in [5.41, 5.74) is -0.0582. The number of carbonyl (C=O) groups is 2. The van der Waals surface area contributed by atoms with Crippen LogP contribution < -0.4 is 4.74 Å². The van der Waals surface area contributed by atoms with Crippen molar-refractivity contribution < 1.29 is 29.1 Å². The van der Waals surface area contributed by atoms with Crippen molar-refractivity contribution in [2.45, 2.75) is 77.7 Å². The zero-order valence-electron chi connectivity index (χ0n) is 18.6. The number of hydrogen-bond acceptors (Lipinski definition) is 7. The highest BCUT2D eigenvalue weighted by molar-refractivity contribution is 5.78. The number of esters is 1. The first-order chi connectivity index (χ1) is 14.8. The molecule has 0 heterocycles. The second-order valence-electron chi connectivity index (χ2n) is 7.72. The van der Waals surface area contributed by atoms with Crippen LogP contribution in [0.1, 0.15) is 71.6 Å². The quantitative estimate of drug-likeness (QED) is 0.164. The average molecular weight is 438 g/mol. The number of non-ortho nitro benzene ring substituents is 1. The smallest absolute Gasteiger partial charge is 0.305 e. The molecule has 1 aromatic rings. The molecule has 0 aliphatic rings. The lowest BCUT2D eigenvalue weighted by molar-refractivity contribution is -0.384. The fourth-order valence-corrected chi connectivity index (χ4v) is 3.36. The molecular weight excluding hydrogens is 402 g/mol. The SMILES string of the molecule is CCOC(=O)CCCCCCC(CCCC(O)COc1cccc([N+](=O)[O-])c1)C(C)=O. The van der Waals surface area contributed by atoms with Crippen molar-refractivity contribution in [1.82, 2.24) is 0 Å². The van der Waals surface area contributed by atoms with Gasteiger partial charge in [0.05, 0.1) is 23.7 Å². The van der Waals surface area contributed by atoms with E-state index in [2.05, 4.69) is 0 Å². The molecule has 2 atom stereocenters. The summed E-state index contributed by atoms with van der Waals surface area (Å²) in [6, 6.07) is 5.85. The van der Waals surface area contributed by atoms with Gasteiger partial charge in [-0.1, -0.05) is 31.7 Å². The summed E-state index contributed by atoms with van der Waals surface area (Å²) in [5, 5.41) is 20.9. The maximum absolute atomic E-state index is 11.9. The normalized spacial score (nSPS) is 12.7. The first kappa shape index (κ1) is 26.6. The van der Waals surface area contributed by atoms with Crippen LogP contribution in [0.2, 0.25) is 0 Å². The van der Waals surface area contributed by atoms with Crippen LogP contribution in [0.4, 0.5) is 5.69 Å². The van der Waals surface area contributed by atoms with E-state index in [1.807, 2.05) is 0 Å². The molecule has 0 aliphatic heterocycles. The zero-order valence-corrected chi connectivity index (χ0v) is 18.6. The molecular formula is C23H35NO7. The number of aliphatic hydroxyl groups is 1. The van der Waals surface area contributed by atoms with Crippen LogP contribution in [0.15, 0.2) is 24.3 Å². The summed E-state index contributed by atoms with van der Waals surface area (Å²) in [4.78, 5) is 33.5. The Hall–Kier alpha value is -2.48. The molecule has 0 bridgehead atoms. The summed E-state index contributed by atoms with van der Waals surface area (Å²) in [7, 11) is 0. The molecule has 0 fully saturated rings. The summed E-state index contributed by atoms with van der Waals surface area (Å²) in [5.74, 6) is 0.332. The summed E-state index contributed by atoms with van der Waals surface area (Å²) < 4.78 is 10.3. The fraction of sp³-hybridized carbons (Fsp3) is 0.652. The molecule has 1 aromatic carbocycles. The average Bonchev–Trinajstić information content (AvgIpc) is 2.73. The third-order valence-electron chi connectivity index (χ3n) is 5.12. The number of Topliss-reactive ketones (excluding diaryl/α,β-unsaturated/α-hetero) is 1. The van der Waals surface area contributed by atoms with E-state index in [9.17, 15) is 24.8 Å². The minimum Gasteiger partial charge on any atom is -0.491 e. The van der Waals surface area contributed by atoms with Crippen LogP contribution in [0.5, 0.6) is 5.75 Å². The van der Waals surface area contributed by atoms with Crippen LogP contribution in [0.3, 0.4) is 0 Å². The molecule has 0 saturated carbocycles. The Balaban J connectivity index is 2.21. The Labute approximate surface area is 184 Å². The maximum Gasteiger partial charge on any atom is 0.305 e. The van der Waals surface area contributed by atoms with E-state index < -0.39 is 11.0 Å². The van der Waals surface area contributed by atoms with Gasteiger partial charge in [-0.15, -0.1) is 0 Å². The van der Waals surface area contributed by atoms with Crippen molar-refractivity contribution in [2.24, 2.45) is 5.92 Å². The lowest BCUT2D eigenvalue weighted by atomic mass is 9.91. The number of benzene rings is 1. The third-order valence-corrected chi connectivity index (χ3v) is 5.12. The standard InChI is InChI=1S/C23H35NO7/c1-3-30-23(27)15-7-5-4-6-10-19(18(2)25)11-8-13-21(26)17-31-22-14-9-12-20(16-22)24(28)29/h9,12,14,16,19,21,26H,3-8,10-11,13,15,17H2,1-2H3. The molecule has 31 heavy (non-hydrogen) atoms. The number of unbranched alkanes of at least 4 members (excludes halogenated alkanes) is 3. The predicted octanol–water partition coefficient (Wildman–Crippen LogP) is 4.61. The summed E-state index contributed by atoms with van der Waals surface area (Å²) >= 11 is 0. The Morgan fingerprint density at radius 1 is 1.10 bits per heavy atom. The Kier molecular flexibility index (Phi) is 13.1. The van der Waals surface area contributed by atoms with Gasteiger partial charge in [-0.05, 0) is 45.6 Å². The first-order valence-electron chi connectivity index (χ1n) is 11.0. The van der Waals surface area contributed by atoms with E-state index in [4.69, 9.17) is 9.47 Å². The molecule has 8 nitrogen and oxygen atoms in total. The topological polar surface area (TPSA) is 116 Å². The molecule has 8 heteroatoms. The van der Waals surface area contributed by atoms with Gasteiger partial charge in [0.1, 0.15) is 18.1 Å². The third kappa shape index (κ3) is 12.1. The monoisotopic (exact) mass is 437 g/mol. The van der Waals surface area contributed by atoms with Crippen molar-refractivity contribution in [2.75, 3.05) is 13.2 Å². The van der Waals surface area contributed by atoms with E-state index in [0.29, 0.717) is 38.0 Å². The molecule has 0 aromatic heterocycles. The molecule has 0 aliphatic carbocycles. The second-order valence-corrected chi connectivity index (χ2v) is 7.72. The highest BCUT2D eigenvalue weighted by Crippen LogP contribution is 2.21. The highest BCUT2D eigenvalue weighted by Gasteiger charge is 2.15. The molecule has 1 rings (SSSR count). The molecule has 1 N–H and O–H groups in total. The summed E-state index contributed by atoms with van der Waals surface area (Å²) in [6.07, 6.45) is 6.13.